The molecule has 1 saturated carbocycles. The maximum Gasteiger partial charge on any atom is 0.260 e. The highest BCUT2D eigenvalue weighted by molar-refractivity contribution is 7.18. The second-order valence-corrected chi connectivity index (χ2v) is 8.95. The lowest BCUT2D eigenvalue weighted by Gasteiger charge is -2.23. The molecule has 0 bridgehead atoms. The molecule has 130 valence electrons. The van der Waals surface area contributed by atoms with Crippen molar-refractivity contribution in [3.63, 3.8) is 0 Å². The molecular formula is C19H28N3OS+. The van der Waals surface area contributed by atoms with E-state index in [1.165, 1.54) is 49.0 Å². The zero-order valence-corrected chi connectivity index (χ0v) is 15.5. The fraction of sp³-hybridized carbons (Fsp3) is 0.684. The fourth-order valence-corrected chi connectivity index (χ4v) is 5.80. The molecule has 3 N–H and O–H groups in total. The molecule has 1 fully saturated rings. The van der Waals surface area contributed by atoms with Crippen LogP contribution in [-0.4, -0.2) is 16.0 Å². The minimum Gasteiger partial charge on any atom is -0.335 e. The summed E-state index contributed by atoms with van der Waals surface area (Å²) in [4.78, 5) is 23.0. The lowest BCUT2D eigenvalue weighted by Crippen LogP contribution is -2.90. The Kier molecular flexibility index (Phi) is 4.48. The van der Waals surface area contributed by atoms with Crippen LogP contribution >= 0.6 is 11.3 Å². The average Bonchev–Trinajstić information content (AvgIpc) is 2.93. The summed E-state index contributed by atoms with van der Waals surface area (Å²) in [5.41, 5.74) is 1.35. The molecule has 24 heavy (non-hydrogen) atoms. The summed E-state index contributed by atoms with van der Waals surface area (Å²) in [5, 5.41) is 3.29. The molecule has 4 rings (SSSR count). The SMILES string of the molecule is C[C@H]1CCc2c(sc3nc([C@H](C)[NH2+]C4CCCCC4)[nH]c(=O)c23)C1. The van der Waals surface area contributed by atoms with E-state index in [0.717, 1.165) is 34.8 Å². The van der Waals surface area contributed by atoms with Gasteiger partial charge in [-0.25, -0.2) is 4.98 Å². The first-order chi connectivity index (χ1) is 11.6. The summed E-state index contributed by atoms with van der Waals surface area (Å²) in [6.07, 6.45) is 9.97. The number of H-pyrrole nitrogens is 1. The Labute approximate surface area is 147 Å². The number of aromatic nitrogens is 2. The van der Waals surface area contributed by atoms with E-state index in [4.69, 9.17) is 4.98 Å². The normalized spacial score (nSPS) is 23.3. The van der Waals surface area contributed by atoms with Gasteiger partial charge in [-0.2, -0.15) is 0 Å². The number of nitrogens with two attached hydrogens (primary N) is 1. The molecule has 2 aromatic rings. The Balaban J connectivity index is 1.64. The highest BCUT2D eigenvalue weighted by Crippen LogP contribution is 2.35. The summed E-state index contributed by atoms with van der Waals surface area (Å²) >= 11 is 1.75. The highest BCUT2D eigenvalue weighted by atomic mass is 32.1. The molecule has 4 nitrogen and oxygen atoms in total. The van der Waals surface area contributed by atoms with Gasteiger partial charge in [0.15, 0.2) is 5.82 Å². The first-order valence-corrected chi connectivity index (χ1v) is 10.3. The Bertz CT molecular complexity index is 788. The summed E-state index contributed by atoms with van der Waals surface area (Å²) in [6, 6.07) is 0.912. The molecule has 0 aromatic carbocycles. The van der Waals surface area contributed by atoms with Crippen LogP contribution in [0.15, 0.2) is 4.79 Å². The maximum atomic E-state index is 12.7. The van der Waals surface area contributed by atoms with Crippen molar-refractivity contribution in [1.82, 2.24) is 9.97 Å². The number of thiophene rings is 1. The lowest BCUT2D eigenvalue weighted by molar-refractivity contribution is -0.728. The monoisotopic (exact) mass is 346 g/mol. The first kappa shape index (κ1) is 16.3. The van der Waals surface area contributed by atoms with Crippen LogP contribution in [0, 0.1) is 5.92 Å². The van der Waals surface area contributed by atoms with Crippen molar-refractivity contribution < 1.29 is 5.32 Å². The Hall–Kier alpha value is -1.20. The van der Waals surface area contributed by atoms with Crippen LogP contribution in [0.3, 0.4) is 0 Å². The molecule has 2 aromatic heterocycles. The molecule has 2 aliphatic rings. The second kappa shape index (κ2) is 6.60. The van der Waals surface area contributed by atoms with Gasteiger partial charge < -0.3 is 10.3 Å². The number of fused-ring (bicyclic) bond motifs is 3. The minimum atomic E-state index is 0.0750. The third-order valence-corrected chi connectivity index (χ3v) is 6.97. The molecule has 0 spiro atoms. The highest BCUT2D eigenvalue weighted by Gasteiger charge is 2.25. The van der Waals surface area contributed by atoms with Gasteiger partial charge in [0.25, 0.3) is 5.56 Å². The van der Waals surface area contributed by atoms with Crippen LogP contribution in [0.25, 0.3) is 10.2 Å². The number of rotatable bonds is 3. The van der Waals surface area contributed by atoms with Gasteiger partial charge in [0.2, 0.25) is 0 Å². The van der Waals surface area contributed by atoms with Gasteiger partial charge in [-0.05, 0) is 63.4 Å². The Morgan fingerprint density at radius 2 is 2.04 bits per heavy atom. The number of aryl methyl sites for hydroxylation is 1. The molecule has 0 amide bonds. The topological polar surface area (TPSA) is 62.4 Å². The van der Waals surface area contributed by atoms with Gasteiger partial charge in [0.1, 0.15) is 10.9 Å². The average molecular weight is 347 g/mol. The van der Waals surface area contributed by atoms with Crippen molar-refractivity contribution in [2.75, 3.05) is 0 Å². The van der Waals surface area contributed by atoms with Gasteiger partial charge in [0.05, 0.1) is 11.4 Å². The third kappa shape index (κ3) is 3.04. The van der Waals surface area contributed by atoms with Gasteiger partial charge in [-0.3, -0.25) is 4.79 Å². The fourth-order valence-electron chi connectivity index (χ4n) is 4.41. The number of hydrogen-bond acceptors (Lipinski definition) is 3. The van der Waals surface area contributed by atoms with Gasteiger partial charge in [0, 0.05) is 4.88 Å². The Morgan fingerprint density at radius 3 is 2.83 bits per heavy atom. The summed E-state index contributed by atoms with van der Waals surface area (Å²) < 4.78 is 0. The number of nitrogens with zero attached hydrogens (tertiary/aromatic N) is 1. The molecule has 0 aliphatic heterocycles. The van der Waals surface area contributed by atoms with E-state index in [1.54, 1.807) is 11.3 Å². The molecular weight excluding hydrogens is 318 g/mol. The van der Waals surface area contributed by atoms with Crippen molar-refractivity contribution >= 4 is 21.6 Å². The quantitative estimate of drug-likeness (QED) is 0.897. The number of quaternary nitrogens is 1. The number of aromatic amines is 1. The molecule has 2 heterocycles. The summed E-state index contributed by atoms with van der Waals surface area (Å²) in [5.74, 6) is 1.58. The van der Waals surface area contributed by atoms with Crippen molar-refractivity contribution in [3.05, 3.63) is 26.6 Å². The number of nitrogens with one attached hydrogen (secondary N) is 1. The molecule has 2 atom stereocenters. The lowest BCUT2D eigenvalue weighted by atomic mass is 9.89. The zero-order valence-electron chi connectivity index (χ0n) is 14.7. The molecule has 0 radical (unpaired) electrons. The summed E-state index contributed by atoms with van der Waals surface area (Å²) in [6.45, 7) is 4.48. The first-order valence-electron chi connectivity index (χ1n) is 9.51. The minimum absolute atomic E-state index is 0.0750. The molecule has 2 aliphatic carbocycles. The van der Waals surface area contributed by atoms with E-state index >= 15 is 0 Å². The zero-order chi connectivity index (χ0) is 16.7. The van der Waals surface area contributed by atoms with Crippen molar-refractivity contribution in [2.24, 2.45) is 5.92 Å². The van der Waals surface area contributed by atoms with Crippen LogP contribution < -0.4 is 10.9 Å². The smallest absolute Gasteiger partial charge is 0.260 e. The summed E-state index contributed by atoms with van der Waals surface area (Å²) in [7, 11) is 0. The van der Waals surface area contributed by atoms with Gasteiger partial charge in [-0.1, -0.05) is 13.3 Å². The second-order valence-electron chi connectivity index (χ2n) is 7.86. The van der Waals surface area contributed by atoms with E-state index in [0.29, 0.717) is 6.04 Å². The van der Waals surface area contributed by atoms with E-state index in [2.05, 4.69) is 24.1 Å². The van der Waals surface area contributed by atoms with Crippen LogP contribution in [0.2, 0.25) is 0 Å². The van der Waals surface area contributed by atoms with E-state index in [9.17, 15) is 4.79 Å². The van der Waals surface area contributed by atoms with Crippen molar-refractivity contribution in [1.29, 1.82) is 0 Å². The van der Waals surface area contributed by atoms with Gasteiger partial charge in [-0.15, -0.1) is 11.3 Å². The van der Waals surface area contributed by atoms with E-state index < -0.39 is 0 Å². The standard InChI is InChI=1S/C19H27N3OS/c1-11-8-9-14-15(10-11)24-19-16(14)18(23)21-17(22-19)12(2)20-13-6-4-3-5-7-13/h11-13,20H,3-10H2,1-2H3,(H,21,22,23)/p+1/t11-,12-/m0/s1. The predicted molar refractivity (Wildman–Crippen MR) is 98.6 cm³/mol. The van der Waals surface area contributed by atoms with Crippen molar-refractivity contribution in [3.8, 4) is 0 Å². The van der Waals surface area contributed by atoms with Crippen molar-refractivity contribution in [2.45, 2.75) is 77.3 Å². The maximum absolute atomic E-state index is 12.7. The molecule has 0 saturated heterocycles. The predicted octanol–water partition coefficient (Wildman–Crippen LogP) is 3.07. The van der Waals surface area contributed by atoms with E-state index in [1.807, 2.05) is 0 Å². The third-order valence-electron chi connectivity index (χ3n) is 5.83. The van der Waals surface area contributed by atoms with Crippen LogP contribution in [0.5, 0.6) is 0 Å². The van der Waals surface area contributed by atoms with Crippen LogP contribution in [-0.2, 0) is 12.8 Å². The van der Waals surface area contributed by atoms with Crippen LogP contribution in [0.1, 0.15) is 74.7 Å². The molecule has 5 heteroatoms. The Morgan fingerprint density at radius 1 is 1.25 bits per heavy atom. The van der Waals surface area contributed by atoms with Gasteiger partial charge >= 0.3 is 0 Å². The van der Waals surface area contributed by atoms with E-state index in [-0.39, 0.29) is 11.6 Å². The van der Waals surface area contributed by atoms with Crippen LogP contribution in [0.4, 0.5) is 0 Å². The molecule has 0 unspecified atom stereocenters. The number of hydrogen-bond donors (Lipinski definition) is 2. The largest absolute Gasteiger partial charge is 0.335 e.